The van der Waals surface area contributed by atoms with Crippen LogP contribution in [0.15, 0.2) is 18.3 Å². The Hall–Kier alpha value is -0.830. The molecule has 0 aliphatic rings. The van der Waals surface area contributed by atoms with Gasteiger partial charge in [0.2, 0.25) is 0 Å². The molecule has 1 unspecified atom stereocenters. The molecule has 1 aromatic rings. The van der Waals surface area contributed by atoms with Crippen molar-refractivity contribution in [2.45, 2.75) is 18.7 Å². The Morgan fingerprint density at radius 1 is 1.67 bits per heavy atom. The highest BCUT2D eigenvalue weighted by molar-refractivity contribution is 6.20. The van der Waals surface area contributed by atoms with Gasteiger partial charge in [-0.3, -0.25) is 0 Å². The summed E-state index contributed by atoms with van der Waals surface area (Å²) in [6, 6.07) is 3.73. The van der Waals surface area contributed by atoms with Gasteiger partial charge in [0, 0.05) is 18.1 Å². The highest BCUT2D eigenvalue weighted by Crippen LogP contribution is 2.02. The third-order valence-corrected chi connectivity index (χ3v) is 1.64. The Kier molecular flexibility index (Phi) is 3.80. The second-order valence-electron chi connectivity index (χ2n) is 2.61. The first-order valence-electron chi connectivity index (χ1n) is 3.94. The molecule has 0 saturated carbocycles. The lowest BCUT2D eigenvalue weighted by molar-refractivity contribution is 0.835. The summed E-state index contributed by atoms with van der Waals surface area (Å²) >= 11 is 5.77. The summed E-state index contributed by atoms with van der Waals surface area (Å²) in [4.78, 5) is 0. The lowest BCUT2D eigenvalue weighted by atomic mass is 10.3. The summed E-state index contributed by atoms with van der Waals surface area (Å²) in [7, 11) is 0. The van der Waals surface area contributed by atoms with E-state index in [0.29, 0.717) is 0 Å². The Bertz CT molecular complexity index is 213. The van der Waals surface area contributed by atoms with E-state index in [1.54, 1.807) is 6.20 Å². The molecule has 3 nitrogen and oxygen atoms in total. The zero-order valence-electron chi connectivity index (χ0n) is 7.00. The van der Waals surface area contributed by atoms with Crippen LogP contribution < -0.4 is 5.32 Å². The zero-order valence-corrected chi connectivity index (χ0v) is 7.75. The van der Waals surface area contributed by atoms with E-state index in [4.69, 9.17) is 11.6 Å². The monoisotopic (exact) mass is 185 g/mol. The number of nitrogens with zero attached hydrogens (tertiary/aromatic N) is 2. The number of aromatic nitrogens is 2. The predicted molar refractivity (Wildman–Crippen MR) is 50.5 cm³/mol. The molecule has 0 aliphatic heterocycles. The molecule has 0 aliphatic carbocycles. The summed E-state index contributed by atoms with van der Waals surface area (Å²) in [6.07, 6.45) is 2.58. The van der Waals surface area contributed by atoms with E-state index in [2.05, 4.69) is 15.5 Å². The van der Waals surface area contributed by atoms with Crippen LogP contribution in [0.2, 0.25) is 0 Å². The van der Waals surface area contributed by atoms with Crippen LogP contribution in [0.1, 0.15) is 13.3 Å². The Labute approximate surface area is 77.2 Å². The van der Waals surface area contributed by atoms with Gasteiger partial charge in [-0.05, 0) is 25.5 Å². The van der Waals surface area contributed by atoms with Crippen LogP contribution in [-0.2, 0) is 0 Å². The van der Waals surface area contributed by atoms with E-state index in [-0.39, 0.29) is 5.38 Å². The summed E-state index contributed by atoms with van der Waals surface area (Å²) < 4.78 is 0. The quantitative estimate of drug-likeness (QED) is 0.729. The molecular weight excluding hydrogens is 174 g/mol. The second-order valence-corrected chi connectivity index (χ2v) is 3.35. The zero-order chi connectivity index (χ0) is 8.81. The lowest BCUT2D eigenvalue weighted by Gasteiger charge is -2.04. The third-order valence-electron chi connectivity index (χ3n) is 1.42. The molecule has 1 atom stereocenters. The number of nitrogens with one attached hydrogen (secondary N) is 1. The van der Waals surface area contributed by atoms with Crippen LogP contribution in [0.4, 0.5) is 5.82 Å². The van der Waals surface area contributed by atoms with E-state index >= 15 is 0 Å². The van der Waals surface area contributed by atoms with Gasteiger partial charge in [0.05, 0.1) is 0 Å². The summed E-state index contributed by atoms with van der Waals surface area (Å²) in [6.45, 7) is 2.81. The average Bonchev–Trinajstić information content (AvgIpc) is 2.05. The molecule has 0 amide bonds. The van der Waals surface area contributed by atoms with Crippen LogP contribution in [0.25, 0.3) is 0 Å². The first-order valence-corrected chi connectivity index (χ1v) is 4.38. The number of halogens is 1. The minimum atomic E-state index is 0.203. The molecule has 0 spiro atoms. The van der Waals surface area contributed by atoms with Gasteiger partial charge in [-0.1, -0.05) is 0 Å². The lowest BCUT2D eigenvalue weighted by Crippen LogP contribution is -2.07. The molecule has 4 heteroatoms. The van der Waals surface area contributed by atoms with Crippen molar-refractivity contribution in [2.24, 2.45) is 0 Å². The molecular formula is C8H12ClN3. The second kappa shape index (κ2) is 4.93. The average molecular weight is 186 g/mol. The third kappa shape index (κ3) is 3.53. The van der Waals surface area contributed by atoms with E-state index in [1.807, 2.05) is 19.1 Å². The maximum Gasteiger partial charge on any atom is 0.148 e. The fourth-order valence-corrected chi connectivity index (χ4v) is 0.904. The van der Waals surface area contributed by atoms with Gasteiger partial charge in [-0.15, -0.1) is 16.7 Å². The molecule has 66 valence electrons. The fourth-order valence-electron chi connectivity index (χ4n) is 0.795. The first-order chi connectivity index (χ1) is 5.79. The smallest absolute Gasteiger partial charge is 0.148 e. The van der Waals surface area contributed by atoms with Crippen molar-refractivity contribution in [1.29, 1.82) is 0 Å². The SMILES string of the molecule is CC(Cl)CCNc1cccnn1. The maximum absolute atomic E-state index is 5.77. The molecule has 1 rings (SSSR count). The van der Waals surface area contributed by atoms with E-state index in [1.165, 1.54) is 0 Å². The molecule has 1 aromatic heterocycles. The van der Waals surface area contributed by atoms with Crippen molar-refractivity contribution >= 4 is 17.4 Å². The van der Waals surface area contributed by atoms with Gasteiger partial charge < -0.3 is 5.32 Å². The van der Waals surface area contributed by atoms with Crippen LogP contribution in [0, 0.1) is 0 Å². The van der Waals surface area contributed by atoms with Crippen LogP contribution in [0.5, 0.6) is 0 Å². The number of anilines is 1. The maximum atomic E-state index is 5.77. The molecule has 0 radical (unpaired) electrons. The molecule has 0 fully saturated rings. The number of hydrogen-bond donors (Lipinski definition) is 1. The minimum absolute atomic E-state index is 0.203. The summed E-state index contributed by atoms with van der Waals surface area (Å²) in [5.41, 5.74) is 0. The molecule has 0 bridgehead atoms. The van der Waals surface area contributed by atoms with Crippen LogP contribution in [0.3, 0.4) is 0 Å². The van der Waals surface area contributed by atoms with Gasteiger partial charge in [-0.2, -0.15) is 5.10 Å². The van der Waals surface area contributed by atoms with Gasteiger partial charge in [0.25, 0.3) is 0 Å². The molecule has 0 aromatic carbocycles. The van der Waals surface area contributed by atoms with Crippen molar-refractivity contribution < 1.29 is 0 Å². The summed E-state index contributed by atoms with van der Waals surface area (Å²) in [5, 5.41) is 10.9. The molecule has 0 saturated heterocycles. The molecule has 1 heterocycles. The first kappa shape index (κ1) is 9.26. The minimum Gasteiger partial charge on any atom is -0.369 e. The van der Waals surface area contributed by atoms with Gasteiger partial charge in [0.15, 0.2) is 0 Å². The van der Waals surface area contributed by atoms with Crippen LogP contribution in [-0.4, -0.2) is 22.1 Å². The molecule has 1 N–H and O–H groups in total. The van der Waals surface area contributed by atoms with Crippen molar-refractivity contribution in [3.63, 3.8) is 0 Å². The topological polar surface area (TPSA) is 37.8 Å². The highest BCUT2D eigenvalue weighted by atomic mass is 35.5. The Morgan fingerprint density at radius 2 is 2.50 bits per heavy atom. The van der Waals surface area contributed by atoms with Crippen molar-refractivity contribution in [2.75, 3.05) is 11.9 Å². The summed E-state index contributed by atoms with van der Waals surface area (Å²) in [5.74, 6) is 0.801. The highest BCUT2D eigenvalue weighted by Gasteiger charge is 1.95. The Morgan fingerprint density at radius 3 is 3.08 bits per heavy atom. The van der Waals surface area contributed by atoms with Gasteiger partial charge >= 0.3 is 0 Å². The van der Waals surface area contributed by atoms with Gasteiger partial charge in [-0.25, -0.2) is 0 Å². The number of rotatable bonds is 4. The fraction of sp³-hybridized carbons (Fsp3) is 0.500. The number of alkyl halides is 1. The van der Waals surface area contributed by atoms with Crippen LogP contribution >= 0.6 is 11.6 Å². The molecule has 12 heavy (non-hydrogen) atoms. The van der Waals surface area contributed by atoms with E-state index < -0.39 is 0 Å². The van der Waals surface area contributed by atoms with E-state index in [0.717, 1.165) is 18.8 Å². The number of hydrogen-bond acceptors (Lipinski definition) is 3. The Balaban J connectivity index is 2.25. The van der Waals surface area contributed by atoms with Crippen molar-refractivity contribution in [3.8, 4) is 0 Å². The van der Waals surface area contributed by atoms with Crippen molar-refractivity contribution in [3.05, 3.63) is 18.3 Å². The standard InChI is InChI=1S/C8H12ClN3/c1-7(9)4-6-10-8-3-2-5-11-12-8/h2-3,5,7H,4,6H2,1H3,(H,10,12). The predicted octanol–water partition coefficient (Wildman–Crippen LogP) is 1.91. The van der Waals surface area contributed by atoms with Gasteiger partial charge in [0.1, 0.15) is 5.82 Å². The largest absolute Gasteiger partial charge is 0.369 e. The van der Waals surface area contributed by atoms with Crippen molar-refractivity contribution in [1.82, 2.24) is 10.2 Å². The normalized spacial score (nSPS) is 12.5. The van der Waals surface area contributed by atoms with E-state index in [9.17, 15) is 0 Å².